The number of benzene rings is 1. The van der Waals surface area contributed by atoms with Gasteiger partial charge in [0.05, 0.1) is 4.90 Å². The van der Waals surface area contributed by atoms with Gasteiger partial charge in [0, 0.05) is 26.6 Å². The molecule has 104 valence electrons. The lowest BCUT2D eigenvalue weighted by Crippen LogP contribution is -2.27. The zero-order chi connectivity index (χ0) is 14.0. The molecule has 0 atom stereocenters. The number of sulfonamides is 1. The molecule has 0 aromatic heterocycles. The second kappa shape index (κ2) is 5.30. The standard InChI is InChI=1S/C13H18N2O3S/c1-15(2)19(17,18)12-6-4-3-5-11(12)9-14-13(16)10-7-8-10/h3-6,10H,7-9H2,1-2H3,(H,14,16). The van der Waals surface area contributed by atoms with Crippen molar-refractivity contribution in [3.05, 3.63) is 29.8 Å². The van der Waals surface area contributed by atoms with Gasteiger partial charge in [-0.15, -0.1) is 0 Å². The summed E-state index contributed by atoms with van der Waals surface area (Å²) in [5, 5.41) is 2.79. The monoisotopic (exact) mass is 282 g/mol. The lowest BCUT2D eigenvalue weighted by Gasteiger charge is -2.15. The van der Waals surface area contributed by atoms with Crippen LogP contribution in [0.25, 0.3) is 0 Å². The first kappa shape index (κ1) is 14.0. The molecule has 1 aliphatic carbocycles. The summed E-state index contributed by atoms with van der Waals surface area (Å²) in [6, 6.07) is 6.74. The van der Waals surface area contributed by atoms with E-state index in [9.17, 15) is 13.2 Å². The number of nitrogens with one attached hydrogen (secondary N) is 1. The van der Waals surface area contributed by atoms with Crippen LogP contribution in [-0.2, 0) is 21.4 Å². The summed E-state index contributed by atoms with van der Waals surface area (Å²) >= 11 is 0. The third-order valence-corrected chi connectivity index (χ3v) is 5.05. The van der Waals surface area contributed by atoms with Gasteiger partial charge in [-0.3, -0.25) is 4.79 Å². The fraction of sp³-hybridized carbons (Fsp3) is 0.462. The first-order chi connectivity index (χ1) is 8.93. The van der Waals surface area contributed by atoms with Gasteiger partial charge in [0.15, 0.2) is 0 Å². The SMILES string of the molecule is CN(C)S(=O)(=O)c1ccccc1CNC(=O)C1CC1. The van der Waals surface area contributed by atoms with Crippen molar-refractivity contribution in [2.45, 2.75) is 24.3 Å². The molecule has 1 aromatic rings. The van der Waals surface area contributed by atoms with Crippen LogP contribution in [0, 0.1) is 5.92 Å². The molecule has 2 rings (SSSR count). The number of hydrogen-bond acceptors (Lipinski definition) is 3. The summed E-state index contributed by atoms with van der Waals surface area (Å²) in [5.74, 6) is 0.134. The van der Waals surface area contributed by atoms with E-state index in [2.05, 4.69) is 5.32 Å². The van der Waals surface area contributed by atoms with Gasteiger partial charge in [-0.25, -0.2) is 12.7 Å². The molecular weight excluding hydrogens is 264 g/mol. The highest BCUT2D eigenvalue weighted by atomic mass is 32.2. The van der Waals surface area contributed by atoms with Crippen LogP contribution >= 0.6 is 0 Å². The highest BCUT2D eigenvalue weighted by Crippen LogP contribution is 2.29. The van der Waals surface area contributed by atoms with Gasteiger partial charge < -0.3 is 5.32 Å². The molecule has 19 heavy (non-hydrogen) atoms. The molecule has 1 saturated carbocycles. The molecule has 0 spiro atoms. The summed E-state index contributed by atoms with van der Waals surface area (Å²) in [6.45, 7) is 0.249. The molecule has 1 aromatic carbocycles. The first-order valence-corrected chi connectivity index (χ1v) is 7.65. The second-order valence-electron chi connectivity index (χ2n) is 4.89. The van der Waals surface area contributed by atoms with Crippen molar-refractivity contribution in [3.8, 4) is 0 Å². The minimum atomic E-state index is -3.48. The predicted octanol–water partition coefficient (Wildman–Crippen LogP) is 0.963. The van der Waals surface area contributed by atoms with Crippen LogP contribution in [0.15, 0.2) is 29.2 Å². The number of carbonyl (C=O) groups excluding carboxylic acids is 1. The van der Waals surface area contributed by atoms with Crippen molar-refractivity contribution in [3.63, 3.8) is 0 Å². The van der Waals surface area contributed by atoms with E-state index >= 15 is 0 Å². The molecule has 0 unspecified atom stereocenters. The van der Waals surface area contributed by atoms with Gasteiger partial charge in [-0.1, -0.05) is 18.2 Å². The molecular formula is C13H18N2O3S. The van der Waals surface area contributed by atoms with Crippen LogP contribution in [0.1, 0.15) is 18.4 Å². The fourth-order valence-corrected chi connectivity index (χ4v) is 2.89. The molecule has 1 aliphatic rings. The summed E-state index contributed by atoms with van der Waals surface area (Å²) in [7, 11) is -0.488. The maximum absolute atomic E-state index is 12.2. The second-order valence-corrected chi connectivity index (χ2v) is 7.01. The zero-order valence-electron chi connectivity index (χ0n) is 11.1. The summed E-state index contributed by atoms with van der Waals surface area (Å²) in [5.41, 5.74) is 0.616. The Morgan fingerprint density at radius 1 is 1.32 bits per heavy atom. The Bertz CT molecular complexity index is 577. The Balaban J connectivity index is 2.18. The van der Waals surface area contributed by atoms with Crippen LogP contribution in [-0.4, -0.2) is 32.7 Å². The summed E-state index contributed by atoms with van der Waals surface area (Å²) < 4.78 is 25.5. The first-order valence-electron chi connectivity index (χ1n) is 6.21. The molecule has 5 nitrogen and oxygen atoms in total. The van der Waals surface area contributed by atoms with Crippen LogP contribution in [0.4, 0.5) is 0 Å². The van der Waals surface area contributed by atoms with Gasteiger partial charge in [-0.2, -0.15) is 0 Å². The Morgan fingerprint density at radius 2 is 1.95 bits per heavy atom. The van der Waals surface area contributed by atoms with E-state index in [-0.39, 0.29) is 23.3 Å². The molecule has 0 heterocycles. The van der Waals surface area contributed by atoms with Crippen LogP contribution < -0.4 is 5.32 Å². The largest absolute Gasteiger partial charge is 0.352 e. The lowest BCUT2D eigenvalue weighted by molar-refractivity contribution is -0.122. The maximum Gasteiger partial charge on any atom is 0.242 e. The van der Waals surface area contributed by atoms with Crippen LogP contribution in [0.3, 0.4) is 0 Å². The fourth-order valence-electron chi connectivity index (χ4n) is 1.77. The Hall–Kier alpha value is -1.40. The number of hydrogen-bond donors (Lipinski definition) is 1. The molecule has 6 heteroatoms. The quantitative estimate of drug-likeness (QED) is 0.875. The third kappa shape index (κ3) is 3.13. The smallest absolute Gasteiger partial charge is 0.242 e. The van der Waals surface area contributed by atoms with Crippen LogP contribution in [0.2, 0.25) is 0 Å². The lowest BCUT2D eigenvalue weighted by atomic mass is 10.2. The minimum Gasteiger partial charge on any atom is -0.352 e. The minimum absolute atomic E-state index is 0.0112. The van der Waals surface area contributed by atoms with Crippen LogP contribution in [0.5, 0.6) is 0 Å². The zero-order valence-corrected chi connectivity index (χ0v) is 11.9. The highest BCUT2D eigenvalue weighted by molar-refractivity contribution is 7.89. The molecule has 1 fully saturated rings. The normalized spacial score (nSPS) is 15.5. The van der Waals surface area contributed by atoms with Crippen molar-refractivity contribution in [2.75, 3.05) is 14.1 Å². The van der Waals surface area contributed by atoms with Crippen molar-refractivity contribution in [1.82, 2.24) is 9.62 Å². The summed E-state index contributed by atoms with van der Waals surface area (Å²) in [4.78, 5) is 11.8. The topological polar surface area (TPSA) is 66.5 Å². The highest BCUT2D eigenvalue weighted by Gasteiger charge is 2.29. The molecule has 0 aliphatic heterocycles. The van der Waals surface area contributed by atoms with Gasteiger partial charge in [-0.05, 0) is 24.5 Å². The number of nitrogens with zero attached hydrogens (tertiary/aromatic N) is 1. The van der Waals surface area contributed by atoms with E-state index in [1.807, 2.05) is 0 Å². The van der Waals surface area contributed by atoms with Crippen molar-refractivity contribution < 1.29 is 13.2 Å². The average Bonchev–Trinajstić information content (AvgIpc) is 3.20. The number of amides is 1. The van der Waals surface area contributed by atoms with E-state index in [1.54, 1.807) is 24.3 Å². The predicted molar refractivity (Wildman–Crippen MR) is 71.9 cm³/mol. The van der Waals surface area contributed by atoms with E-state index in [4.69, 9.17) is 0 Å². The van der Waals surface area contributed by atoms with Crippen molar-refractivity contribution in [2.24, 2.45) is 5.92 Å². The van der Waals surface area contributed by atoms with E-state index < -0.39 is 10.0 Å². The molecule has 1 N–H and O–H groups in total. The van der Waals surface area contributed by atoms with Gasteiger partial charge in [0.2, 0.25) is 15.9 Å². The third-order valence-electron chi connectivity index (χ3n) is 3.13. The van der Waals surface area contributed by atoms with Gasteiger partial charge in [0.25, 0.3) is 0 Å². The maximum atomic E-state index is 12.2. The molecule has 0 radical (unpaired) electrons. The number of carbonyl (C=O) groups is 1. The number of rotatable bonds is 5. The van der Waals surface area contributed by atoms with E-state index in [0.717, 1.165) is 12.8 Å². The molecule has 0 bridgehead atoms. The Morgan fingerprint density at radius 3 is 2.53 bits per heavy atom. The average molecular weight is 282 g/mol. The van der Waals surface area contributed by atoms with E-state index in [0.29, 0.717) is 5.56 Å². The van der Waals surface area contributed by atoms with Gasteiger partial charge >= 0.3 is 0 Å². The van der Waals surface area contributed by atoms with Crippen molar-refractivity contribution >= 4 is 15.9 Å². The van der Waals surface area contributed by atoms with Gasteiger partial charge in [0.1, 0.15) is 0 Å². The molecule has 0 saturated heterocycles. The Labute approximate surface area is 113 Å². The van der Waals surface area contributed by atoms with E-state index in [1.165, 1.54) is 18.4 Å². The summed E-state index contributed by atoms with van der Waals surface area (Å²) in [6.07, 6.45) is 1.87. The molecule has 1 amide bonds. The van der Waals surface area contributed by atoms with Crippen molar-refractivity contribution in [1.29, 1.82) is 0 Å². The Kier molecular flexibility index (Phi) is 3.91.